The third-order valence-corrected chi connectivity index (χ3v) is 0.834. The number of nitrogens with one attached hydrogen (secondary N) is 1. The topological polar surface area (TPSA) is 24.4 Å². The van der Waals surface area contributed by atoms with Gasteiger partial charge in [0, 0.05) is 6.54 Å². The molecule has 0 bridgehead atoms. The van der Waals surface area contributed by atoms with E-state index in [0.717, 1.165) is 6.54 Å². The van der Waals surface area contributed by atoms with Gasteiger partial charge in [-0.05, 0) is 6.92 Å². The SMILES string of the molecule is C[C@H]1CNC=N1. The maximum Gasteiger partial charge on any atom is 0.0828 e. The van der Waals surface area contributed by atoms with Crippen molar-refractivity contribution in [1.82, 2.24) is 5.32 Å². The summed E-state index contributed by atoms with van der Waals surface area (Å²) >= 11 is 0. The van der Waals surface area contributed by atoms with Crippen LogP contribution in [0, 0.1) is 0 Å². The lowest BCUT2D eigenvalue weighted by atomic mass is 10.4. The molecule has 0 amide bonds. The second-order valence-corrected chi connectivity index (χ2v) is 1.54. The summed E-state index contributed by atoms with van der Waals surface area (Å²) in [6.07, 6.45) is 1.75. The van der Waals surface area contributed by atoms with E-state index in [1.54, 1.807) is 6.34 Å². The van der Waals surface area contributed by atoms with Gasteiger partial charge in [0.15, 0.2) is 0 Å². The normalized spacial score (nSPS) is 30.5. The van der Waals surface area contributed by atoms with Gasteiger partial charge in [-0.2, -0.15) is 0 Å². The molecule has 1 atom stereocenters. The molecule has 1 rings (SSSR count). The van der Waals surface area contributed by atoms with Crippen molar-refractivity contribution in [3.63, 3.8) is 0 Å². The van der Waals surface area contributed by atoms with Crippen LogP contribution < -0.4 is 5.32 Å². The highest BCUT2D eigenvalue weighted by atomic mass is 15.0. The second kappa shape index (κ2) is 1.29. The minimum absolute atomic E-state index is 0.505. The minimum Gasteiger partial charge on any atom is -0.374 e. The zero-order chi connectivity index (χ0) is 4.41. The number of nitrogens with zero attached hydrogens (tertiary/aromatic N) is 1. The van der Waals surface area contributed by atoms with Crippen molar-refractivity contribution >= 4 is 6.34 Å². The Morgan fingerprint density at radius 3 is 3.00 bits per heavy atom. The monoisotopic (exact) mass is 84.1 g/mol. The summed E-state index contributed by atoms with van der Waals surface area (Å²) in [6, 6.07) is 0.505. The average molecular weight is 84.1 g/mol. The summed E-state index contributed by atoms with van der Waals surface area (Å²) in [5.41, 5.74) is 0. The second-order valence-electron chi connectivity index (χ2n) is 1.54. The fraction of sp³-hybridized carbons (Fsp3) is 0.750. The molecule has 1 heterocycles. The molecule has 0 aromatic heterocycles. The van der Waals surface area contributed by atoms with E-state index in [1.807, 2.05) is 0 Å². The lowest BCUT2D eigenvalue weighted by molar-refractivity contribution is 0.766. The number of rotatable bonds is 0. The van der Waals surface area contributed by atoms with Crippen molar-refractivity contribution < 1.29 is 0 Å². The molecule has 1 N–H and O–H groups in total. The fourth-order valence-corrected chi connectivity index (χ4v) is 0.456. The molecule has 0 saturated heterocycles. The maximum atomic E-state index is 4.00. The first-order valence-electron chi connectivity index (χ1n) is 2.14. The zero-order valence-corrected chi connectivity index (χ0v) is 3.81. The Morgan fingerprint density at radius 1 is 2.00 bits per heavy atom. The highest BCUT2D eigenvalue weighted by Gasteiger charge is 1.98. The van der Waals surface area contributed by atoms with Gasteiger partial charge in [0.05, 0.1) is 12.4 Å². The quantitative estimate of drug-likeness (QED) is 0.439. The predicted octanol–water partition coefficient (Wildman–Crippen LogP) is 0.00640. The van der Waals surface area contributed by atoms with Crippen LogP contribution >= 0.6 is 0 Å². The van der Waals surface area contributed by atoms with Crippen LogP contribution in [-0.4, -0.2) is 18.9 Å². The highest BCUT2D eigenvalue weighted by molar-refractivity contribution is 5.56. The summed E-state index contributed by atoms with van der Waals surface area (Å²) in [5, 5.41) is 2.98. The molecule has 0 spiro atoms. The molecule has 0 aliphatic carbocycles. The van der Waals surface area contributed by atoms with Gasteiger partial charge < -0.3 is 5.32 Å². The van der Waals surface area contributed by atoms with Crippen LogP contribution in [0.4, 0.5) is 0 Å². The van der Waals surface area contributed by atoms with Gasteiger partial charge in [-0.25, -0.2) is 0 Å². The lowest BCUT2D eigenvalue weighted by Crippen LogP contribution is -2.11. The Kier molecular flexibility index (Phi) is 0.783. The molecule has 0 aromatic rings. The molecular weight excluding hydrogens is 76.1 g/mol. The van der Waals surface area contributed by atoms with E-state index >= 15 is 0 Å². The summed E-state index contributed by atoms with van der Waals surface area (Å²) in [4.78, 5) is 4.00. The van der Waals surface area contributed by atoms with Crippen LogP contribution in [0.1, 0.15) is 6.92 Å². The first kappa shape index (κ1) is 3.65. The van der Waals surface area contributed by atoms with Crippen LogP contribution in [0.2, 0.25) is 0 Å². The Labute approximate surface area is 37.3 Å². The van der Waals surface area contributed by atoms with Crippen LogP contribution in [0.3, 0.4) is 0 Å². The van der Waals surface area contributed by atoms with E-state index in [9.17, 15) is 0 Å². The van der Waals surface area contributed by atoms with Crippen LogP contribution in [-0.2, 0) is 0 Å². The summed E-state index contributed by atoms with van der Waals surface area (Å²) in [5.74, 6) is 0. The molecule has 0 fully saturated rings. The summed E-state index contributed by atoms with van der Waals surface area (Å²) in [6.45, 7) is 3.09. The zero-order valence-electron chi connectivity index (χ0n) is 3.81. The summed E-state index contributed by atoms with van der Waals surface area (Å²) < 4.78 is 0. The van der Waals surface area contributed by atoms with Crippen LogP contribution in [0.5, 0.6) is 0 Å². The molecule has 1 aliphatic heterocycles. The standard InChI is InChI=1S/C4H8N2/c1-4-2-5-3-6-4/h3-4H,2H2,1H3,(H,5,6)/t4-/m0/s1. The van der Waals surface area contributed by atoms with E-state index in [-0.39, 0.29) is 0 Å². The number of aliphatic imine (C=N–C) groups is 1. The maximum absolute atomic E-state index is 4.00. The molecule has 0 unspecified atom stereocenters. The molecule has 2 heteroatoms. The molecule has 0 aromatic carbocycles. The largest absolute Gasteiger partial charge is 0.374 e. The Bertz CT molecular complexity index is 67.9. The van der Waals surface area contributed by atoms with Crippen molar-refractivity contribution in [1.29, 1.82) is 0 Å². The Morgan fingerprint density at radius 2 is 2.83 bits per heavy atom. The third-order valence-electron chi connectivity index (χ3n) is 0.834. The van der Waals surface area contributed by atoms with Crippen molar-refractivity contribution in [2.45, 2.75) is 13.0 Å². The van der Waals surface area contributed by atoms with Crippen LogP contribution in [0.15, 0.2) is 4.99 Å². The van der Waals surface area contributed by atoms with Gasteiger partial charge in [0.1, 0.15) is 0 Å². The summed E-state index contributed by atoms with van der Waals surface area (Å²) in [7, 11) is 0. The third kappa shape index (κ3) is 0.506. The van der Waals surface area contributed by atoms with Crippen molar-refractivity contribution in [3.05, 3.63) is 0 Å². The molecule has 2 nitrogen and oxygen atoms in total. The first-order chi connectivity index (χ1) is 2.89. The van der Waals surface area contributed by atoms with Gasteiger partial charge in [-0.15, -0.1) is 0 Å². The van der Waals surface area contributed by atoms with Gasteiger partial charge >= 0.3 is 0 Å². The molecule has 0 saturated carbocycles. The minimum atomic E-state index is 0.505. The van der Waals surface area contributed by atoms with E-state index in [2.05, 4.69) is 17.2 Å². The van der Waals surface area contributed by atoms with Gasteiger partial charge in [0.25, 0.3) is 0 Å². The predicted molar refractivity (Wildman–Crippen MR) is 26.0 cm³/mol. The first-order valence-corrected chi connectivity index (χ1v) is 2.14. The number of hydrogen-bond donors (Lipinski definition) is 1. The van der Waals surface area contributed by atoms with Gasteiger partial charge in [0.2, 0.25) is 0 Å². The van der Waals surface area contributed by atoms with Gasteiger partial charge in [-0.3, -0.25) is 4.99 Å². The van der Waals surface area contributed by atoms with E-state index in [0.29, 0.717) is 6.04 Å². The Balaban J connectivity index is 2.38. The number of hydrogen-bond acceptors (Lipinski definition) is 2. The Hall–Kier alpha value is -0.530. The van der Waals surface area contributed by atoms with Gasteiger partial charge in [-0.1, -0.05) is 0 Å². The van der Waals surface area contributed by atoms with E-state index < -0.39 is 0 Å². The molecule has 1 aliphatic rings. The van der Waals surface area contributed by atoms with Crippen molar-refractivity contribution in [3.8, 4) is 0 Å². The molecular formula is C4H8N2. The highest BCUT2D eigenvalue weighted by Crippen LogP contribution is 1.87. The average Bonchev–Trinajstić information content (AvgIpc) is 1.86. The van der Waals surface area contributed by atoms with Crippen LogP contribution in [0.25, 0.3) is 0 Å². The fourth-order valence-electron chi connectivity index (χ4n) is 0.456. The smallest absolute Gasteiger partial charge is 0.0828 e. The van der Waals surface area contributed by atoms with Crippen molar-refractivity contribution in [2.24, 2.45) is 4.99 Å². The molecule has 34 valence electrons. The van der Waals surface area contributed by atoms with E-state index in [1.165, 1.54) is 0 Å². The molecule has 0 radical (unpaired) electrons. The van der Waals surface area contributed by atoms with Crippen molar-refractivity contribution in [2.75, 3.05) is 6.54 Å². The molecule has 6 heavy (non-hydrogen) atoms. The lowest BCUT2D eigenvalue weighted by Gasteiger charge is -1.89. The van der Waals surface area contributed by atoms with E-state index in [4.69, 9.17) is 0 Å².